The Bertz CT molecular complexity index is 583. The summed E-state index contributed by atoms with van der Waals surface area (Å²) in [7, 11) is 0. The Morgan fingerprint density at radius 2 is 2.28 bits per heavy atom. The molecule has 2 heterocycles. The maximum Gasteiger partial charge on any atom is 0.246 e. The van der Waals surface area contributed by atoms with Crippen LogP contribution >= 0.6 is 11.3 Å². The third-order valence-corrected chi connectivity index (χ3v) is 3.78. The molecule has 0 bridgehead atoms. The van der Waals surface area contributed by atoms with Crippen molar-refractivity contribution in [2.24, 2.45) is 0 Å². The van der Waals surface area contributed by atoms with Gasteiger partial charge in [-0.3, -0.25) is 10.1 Å². The molecule has 1 amide bonds. The first kappa shape index (κ1) is 11.4. The Hall–Kier alpha value is -1.72. The zero-order valence-electron chi connectivity index (χ0n) is 9.44. The minimum Gasteiger partial charge on any atom is -0.324 e. The predicted molar refractivity (Wildman–Crippen MR) is 68.9 cm³/mol. The number of hydrogen-bond donors (Lipinski definition) is 2. The molecule has 18 heavy (non-hydrogen) atoms. The van der Waals surface area contributed by atoms with E-state index in [4.69, 9.17) is 0 Å². The summed E-state index contributed by atoms with van der Waals surface area (Å²) < 4.78 is 13.1. The van der Waals surface area contributed by atoms with E-state index in [1.165, 1.54) is 17.0 Å². The van der Waals surface area contributed by atoms with Gasteiger partial charge in [-0.2, -0.15) is 0 Å². The molecule has 2 aromatic rings. The van der Waals surface area contributed by atoms with E-state index in [0.717, 1.165) is 5.56 Å². The van der Waals surface area contributed by atoms with Crippen molar-refractivity contribution >= 4 is 22.9 Å². The number of rotatable bonds is 3. The van der Waals surface area contributed by atoms with Crippen LogP contribution in [0.5, 0.6) is 0 Å². The maximum atomic E-state index is 13.1. The molecule has 92 valence electrons. The highest BCUT2D eigenvalue weighted by atomic mass is 32.1. The third-order valence-electron chi connectivity index (χ3n) is 2.91. The second kappa shape index (κ2) is 4.51. The summed E-state index contributed by atoms with van der Waals surface area (Å²) in [6.45, 7) is 0.632. The average Bonchev–Trinajstić information content (AvgIpc) is 2.93. The van der Waals surface area contributed by atoms with Crippen molar-refractivity contribution in [3.05, 3.63) is 52.0 Å². The first-order chi connectivity index (χ1) is 8.74. The lowest BCUT2D eigenvalue weighted by Gasteiger charge is -2.10. The quantitative estimate of drug-likeness (QED) is 0.893. The fourth-order valence-electron chi connectivity index (χ4n) is 2.05. The lowest BCUT2D eigenvalue weighted by molar-refractivity contribution is -0.117. The SMILES string of the molecule is O=C1Nc2cc(F)ccc2C1NCc1cccs1. The van der Waals surface area contributed by atoms with Crippen molar-refractivity contribution in [1.82, 2.24) is 5.32 Å². The van der Waals surface area contributed by atoms with Crippen molar-refractivity contribution in [1.29, 1.82) is 0 Å². The summed E-state index contributed by atoms with van der Waals surface area (Å²) in [4.78, 5) is 13.0. The Morgan fingerprint density at radius 3 is 3.06 bits per heavy atom. The predicted octanol–water partition coefficient (Wildman–Crippen LogP) is 2.67. The van der Waals surface area contributed by atoms with Crippen LogP contribution in [0.3, 0.4) is 0 Å². The molecule has 1 aliphatic rings. The number of carbonyl (C=O) groups excluding carboxylic acids is 1. The number of benzene rings is 1. The third kappa shape index (κ3) is 2.02. The van der Waals surface area contributed by atoms with Gasteiger partial charge in [0.1, 0.15) is 11.9 Å². The van der Waals surface area contributed by atoms with Gasteiger partial charge in [-0.05, 0) is 23.6 Å². The molecule has 0 aliphatic carbocycles. The molecule has 2 N–H and O–H groups in total. The molecule has 0 saturated heterocycles. The van der Waals surface area contributed by atoms with Gasteiger partial charge in [0, 0.05) is 22.7 Å². The minimum absolute atomic E-state index is 0.132. The normalized spacial score (nSPS) is 17.6. The number of nitrogens with one attached hydrogen (secondary N) is 2. The van der Waals surface area contributed by atoms with Crippen LogP contribution in [0.25, 0.3) is 0 Å². The van der Waals surface area contributed by atoms with Crippen molar-refractivity contribution < 1.29 is 9.18 Å². The highest BCUT2D eigenvalue weighted by Crippen LogP contribution is 2.31. The Balaban J connectivity index is 1.79. The van der Waals surface area contributed by atoms with Crippen LogP contribution in [0.4, 0.5) is 10.1 Å². The highest BCUT2D eigenvalue weighted by molar-refractivity contribution is 7.09. The van der Waals surface area contributed by atoms with E-state index in [9.17, 15) is 9.18 Å². The molecular weight excluding hydrogens is 251 g/mol. The fraction of sp³-hybridized carbons (Fsp3) is 0.154. The maximum absolute atomic E-state index is 13.1. The van der Waals surface area contributed by atoms with Crippen molar-refractivity contribution in [2.75, 3.05) is 5.32 Å². The van der Waals surface area contributed by atoms with Crippen molar-refractivity contribution in [2.45, 2.75) is 12.6 Å². The molecule has 0 saturated carbocycles. The van der Waals surface area contributed by atoms with E-state index in [2.05, 4.69) is 10.6 Å². The highest BCUT2D eigenvalue weighted by Gasteiger charge is 2.30. The van der Waals surface area contributed by atoms with Gasteiger partial charge in [-0.15, -0.1) is 11.3 Å². The zero-order valence-corrected chi connectivity index (χ0v) is 10.3. The van der Waals surface area contributed by atoms with Crippen LogP contribution in [0.2, 0.25) is 0 Å². The second-order valence-corrected chi connectivity index (χ2v) is 5.15. The van der Waals surface area contributed by atoms with Gasteiger partial charge >= 0.3 is 0 Å². The van der Waals surface area contributed by atoms with Gasteiger partial charge in [0.2, 0.25) is 5.91 Å². The second-order valence-electron chi connectivity index (χ2n) is 4.11. The van der Waals surface area contributed by atoms with Crippen LogP contribution in [-0.2, 0) is 11.3 Å². The summed E-state index contributed by atoms with van der Waals surface area (Å²) in [6.07, 6.45) is 0. The molecule has 3 nitrogen and oxygen atoms in total. The number of halogens is 1. The molecule has 1 aromatic heterocycles. The number of amides is 1. The summed E-state index contributed by atoms with van der Waals surface area (Å²) in [5.41, 5.74) is 1.36. The molecule has 0 radical (unpaired) electrons. The molecule has 1 atom stereocenters. The monoisotopic (exact) mass is 262 g/mol. The Morgan fingerprint density at radius 1 is 1.39 bits per heavy atom. The van der Waals surface area contributed by atoms with Crippen LogP contribution in [-0.4, -0.2) is 5.91 Å². The average molecular weight is 262 g/mol. The van der Waals surface area contributed by atoms with Gasteiger partial charge in [0.25, 0.3) is 0 Å². The molecule has 0 spiro atoms. The number of thiophene rings is 1. The molecular formula is C13H11FN2OS. The van der Waals surface area contributed by atoms with Crippen molar-refractivity contribution in [3.8, 4) is 0 Å². The fourth-order valence-corrected chi connectivity index (χ4v) is 2.71. The van der Waals surface area contributed by atoms with E-state index < -0.39 is 6.04 Å². The summed E-state index contributed by atoms with van der Waals surface area (Å²) in [5, 5.41) is 7.86. The Labute approximate surface area is 108 Å². The van der Waals surface area contributed by atoms with Crippen LogP contribution in [0.1, 0.15) is 16.5 Å². The van der Waals surface area contributed by atoms with Gasteiger partial charge in [-0.1, -0.05) is 12.1 Å². The van der Waals surface area contributed by atoms with E-state index >= 15 is 0 Å². The topological polar surface area (TPSA) is 41.1 Å². The first-order valence-corrected chi connectivity index (χ1v) is 6.48. The lowest BCUT2D eigenvalue weighted by Crippen LogP contribution is -2.26. The van der Waals surface area contributed by atoms with Gasteiger partial charge < -0.3 is 5.32 Å². The number of anilines is 1. The lowest BCUT2D eigenvalue weighted by atomic mass is 10.1. The zero-order chi connectivity index (χ0) is 12.5. The van der Waals surface area contributed by atoms with Gasteiger partial charge in [-0.25, -0.2) is 4.39 Å². The number of fused-ring (bicyclic) bond motifs is 1. The minimum atomic E-state index is -0.400. The summed E-state index contributed by atoms with van der Waals surface area (Å²) >= 11 is 1.64. The van der Waals surface area contributed by atoms with Crippen LogP contribution < -0.4 is 10.6 Å². The largest absolute Gasteiger partial charge is 0.324 e. The van der Waals surface area contributed by atoms with Gasteiger partial charge in [0.15, 0.2) is 0 Å². The number of hydrogen-bond acceptors (Lipinski definition) is 3. The van der Waals surface area contributed by atoms with Gasteiger partial charge in [0.05, 0.1) is 0 Å². The van der Waals surface area contributed by atoms with E-state index in [0.29, 0.717) is 12.2 Å². The van der Waals surface area contributed by atoms with Crippen LogP contribution in [0, 0.1) is 5.82 Å². The molecule has 1 unspecified atom stereocenters. The van der Waals surface area contributed by atoms with E-state index in [-0.39, 0.29) is 11.7 Å². The standard InChI is InChI=1S/C13H11FN2OS/c14-8-3-4-10-11(6-8)16-13(17)12(10)15-7-9-2-1-5-18-9/h1-6,12,15H,7H2,(H,16,17). The smallest absolute Gasteiger partial charge is 0.246 e. The molecule has 5 heteroatoms. The van der Waals surface area contributed by atoms with Crippen LogP contribution in [0.15, 0.2) is 35.7 Å². The molecule has 0 fully saturated rings. The molecule has 3 rings (SSSR count). The van der Waals surface area contributed by atoms with E-state index in [1.54, 1.807) is 17.4 Å². The Kier molecular flexibility index (Phi) is 2.85. The summed E-state index contributed by atoms with van der Waals surface area (Å²) in [6, 6.07) is 7.95. The molecule has 1 aromatic carbocycles. The van der Waals surface area contributed by atoms with Crippen molar-refractivity contribution in [3.63, 3.8) is 0 Å². The molecule has 1 aliphatic heterocycles. The van der Waals surface area contributed by atoms with E-state index in [1.807, 2.05) is 17.5 Å². The first-order valence-electron chi connectivity index (χ1n) is 5.60. The summed E-state index contributed by atoms with van der Waals surface area (Å²) in [5.74, 6) is -0.472. The number of carbonyl (C=O) groups is 1.